The molecule has 4 nitrogen and oxygen atoms in total. The van der Waals surface area contributed by atoms with Crippen LogP contribution in [0.1, 0.15) is 97.8 Å². The highest BCUT2D eigenvalue weighted by Crippen LogP contribution is 2.10. The topological polar surface area (TPSA) is 52.6 Å². The number of hydrogen-bond donors (Lipinski definition) is 0. The van der Waals surface area contributed by atoms with Gasteiger partial charge in [-0.2, -0.15) is 0 Å². The predicted molar refractivity (Wildman–Crippen MR) is 97.6 cm³/mol. The largest absolute Gasteiger partial charge is 0.466 e. The van der Waals surface area contributed by atoms with Crippen LogP contribution in [-0.2, 0) is 19.1 Å². The molecule has 0 N–H and O–H groups in total. The molecule has 0 atom stereocenters. The average molecular weight is 341 g/mol. The Labute approximate surface area is 148 Å². The zero-order valence-electron chi connectivity index (χ0n) is 15.9. The Kier molecular flexibility index (Phi) is 15.6. The van der Waals surface area contributed by atoms with Crippen LogP contribution in [0.25, 0.3) is 0 Å². The first-order chi connectivity index (χ1) is 11.6. The van der Waals surface area contributed by atoms with Gasteiger partial charge in [-0.25, -0.2) is 0 Å². The molecule has 0 heterocycles. The third kappa shape index (κ3) is 17.0. The molecule has 0 amide bonds. The van der Waals surface area contributed by atoms with Gasteiger partial charge in [0.2, 0.25) is 0 Å². The SMILES string of the molecule is CCCCCCCCCCCCOC(=O)CCC(=O)OC=C(C)C. The van der Waals surface area contributed by atoms with E-state index in [4.69, 9.17) is 9.47 Å². The summed E-state index contributed by atoms with van der Waals surface area (Å²) >= 11 is 0. The fraction of sp³-hybridized carbons (Fsp3) is 0.800. The van der Waals surface area contributed by atoms with E-state index in [0.717, 1.165) is 18.4 Å². The van der Waals surface area contributed by atoms with Crippen LogP contribution >= 0.6 is 0 Å². The van der Waals surface area contributed by atoms with E-state index in [9.17, 15) is 9.59 Å². The molecule has 24 heavy (non-hydrogen) atoms. The van der Waals surface area contributed by atoms with E-state index in [-0.39, 0.29) is 18.8 Å². The van der Waals surface area contributed by atoms with Crippen LogP contribution in [0.3, 0.4) is 0 Å². The van der Waals surface area contributed by atoms with Crippen molar-refractivity contribution in [1.82, 2.24) is 0 Å². The quantitative estimate of drug-likeness (QED) is 0.218. The molecule has 0 spiro atoms. The molecule has 0 saturated heterocycles. The van der Waals surface area contributed by atoms with Gasteiger partial charge in [0.25, 0.3) is 0 Å². The van der Waals surface area contributed by atoms with Crippen LogP contribution in [0.2, 0.25) is 0 Å². The Hall–Kier alpha value is -1.32. The zero-order valence-corrected chi connectivity index (χ0v) is 15.9. The maximum absolute atomic E-state index is 11.5. The van der Waals surface area contributed by atoms with Gasteiger partial charge >= 0.3 is 11.9 Å². The minimum Gasteiger partial charge on any atom is -0.466 e. The number of ether oxygens (including phenoxy) is 2. The molecule has 0 radical (unpaired) electrons. The summed E-state index contributed by atoms with van der Waals surface area (Å²) in [6, 6.07) is 0. The molecule has 0 bridgehead atoms. The number of esters is 2. The van der Waals surface area contributed by atoms with Gasteiger partial charge in [0.05, 0.1) is 25.7 Å². The molecule has 0 aliphatic heterocycles. The number of carbonyl (C=O) groups excluding carboxylic acids is 2. The maximum atomic E-state index is 11.5. The van der Waals surface area contributed by atoms with Crippen LogP contribution in [-0.4, -0.2) is 18.5 Å². The second-order valence-electron chi connectivity index (χ2n) is 6.59. The van der Waals surface area contributed by atoms with Gasteiger partial charge in [-0.1, -0.05) is 64.7 Å². The molecule has 0 rings (SSSR count). The molecule has 0 unspecified atom stereocenters. The Morgan fingerprint density at radius 2 is 1.25 bits per heavy atom. The van der Waals surface area contributed by atoms with Crippen molar-refractivity contribution in [3.8, 4) is 0 Å². The summed E-state index contributed by atoms with van der Waals surface area (Å²) in [6.45, 7) is 6.38. The Morgan fingerprint density at radius 3 is 1.79 bits per heavy atom. The van der Waals surface area contributed by atoms with E-state index in [1.54, 1.807) is 0 Å². The molecule has 0 aromatic rings. The molecular weight excluding hydrogens is 304 g/mol. The van der Waals surface area contributed by atoms with Crippen molar-refractivity contribution in [3.63, 3.8) is 0 Å². The minimum absolute atomic E-state index is 0.0701. The van der Waals surface area contributed by atoms with E-state index in [0.29, 0.717) is 6.61 Å². The van der Waals surface area contributed by atoms with Crippen molar-refractivity contribution in [3.05, 3.63) is 11.8 Å². The first-order valence-electron chi connectivity index (χ1n) is 9.54. The highest BCUT2D eigenvalue weighted by atomic mass is 16.5. The number of carbonyl (C=O) groups is 2. The van der Waals surface area contributed by atoms with Crippen molar-refractivity contribution < 1.29 is 19.1 Å². The normalized spacial score (nSPS) is 10.3. The van der Waals surface area contributed by atoms with Gasteiger partial charge in [-0.15, -0.1) is 0 Å². The van der Waals surface area contributed by atoms with Crippen molar-refractivity contribution in [1.29, 1.82) is 0 Å². The number of allylic oxidation sites excluding steroid dienone is 1. The summed E-state index contributed by atoms with van der Waals surface area (Å²) in [6.07, 6.45) is 14.1. The fourth-order valence-electron chi connectivity index (χ4n) is 2.29. The van der Waals surface area contributed by atoms with Gasteiger partial charge < -0.3 is 9.47 Å². The van der Waals surface area contributed by atoms with Crippen LogP contribution in [0.15, 0.2) is 11.8 Å². The standard InChI is InChI=1S/C20H36O4/c1-4-5-6-7-8-9-10-11-12-13-16-23-19(21)14-15-20(22)24-17-18(2)3/h17H,4-16H2,1-3H3. The first-order valence-corrected chi connectivity index (χ1v) is 9.54. The third-order valence-electron chi connectivity index (χ3n) is 3.72. The molecule has 4 heteroatoms. The molecule has 0 aromatic carbocycles. The van der Waals surface area contributed by atoms with E-state index in [1.807, 2.05) is 13.8 Å². The van der Waals surface area contributed by atoms with Crippen LogP contribution in [0.5, 0.6) is 0 Å². The van der Waals surface area contributed by atoms with Crippen molar-refractivity contribution in [2.24, 2.45) is 0 Å². The lowest BCUT2D eigenvalue weighted by Gasteiger charge is -2.05. The average Bonchev–Trinajstić information content (AvgIpc) is 2.56. The van der Waals surface area contributed by atoms with E-state index in [2.05, 4.69) is 6.92 Å². The first kappa shape index (κ1) is 22.7. The van der Waals surface area contributed by atoms with E-state index in [1.165, 1.54) is 57.6 Å². The summed E-state index contributed by atoms with van der Waals surface area (Å²) in [5.41, 5.74) is 0.909. The van der Waals surface area contributed by atoms with Crippen molar-refractivity contribution in [2.75, 3.05) is 6.61 Å². The van der Waals surface area contributed by atoms with Crippen LogP contribution < -0.4 is 0 Å². The molecule has 0 aromatic heterocycles. The second kappa shape index (κ2) is 16.5. The van der Waals surface area contributed by atoms with Crippen molar-refractivity contribution in [2.45, 2.75) is 97.8 Å². The molecule has 0 saturated carbocycles. The number of unbranched alkanes of at least 4 members (excludes halogenated alkanes) is 9. The van der Waals surface area contributed by atoms with Crippen LogP contribution in [0, 0.1) is 0 Å². The van der Waals surface area contributed by atoms with E-state index < -0.39 is 5.97 Å². The van der Waals surface area contributed by atoms with Gasteiger partial charge in [-0.05, 0) is 25.8 Å². The monoisotopic (exact) mass is 340 g/mol. The Morgan fingerprint density at radius 1 is 0.750 bits per heavy atom. The zero-order chi connectivity index (χ0) is 18.0. The Balaban J connectivity index is 3.34. The lowest BCUT2D eigenvalue weighted by atomic mass is 10.1. The molecule has 0 fully saturated rings. The third-order valence-corrected chi connectivity index (χ3v) is 3.72. The summed E-state index contributed by atoms with van der Waals surface area (Å²) in [4.78, 5) is 22.8. The van der Waals surface area contributed by atoms with Gasteiger partial charge in [0.1, 0.15) is 0 Å². The lowest BCUT2D eigenvalue weighted by Crippen LogP contribution is -2.09. The molecule has 0 aliphatic carbocycles. The Bertz CT molecular complexity index is 357. The highest BCUT2D eigenvalue weighted by molar-refractivity contribution is 5.77. The lowest BCUT2D eigenvalue weighted by molar-refractivity contribution is -0.148. The highest BCUT2D eigenvalue weighted by Gasteiger charge is 2.08. The van der Waals surface area contributed by atoms with Crippen LogP contribution in [0.4, 0.5) is 0 Å². The summed E-state index contributed by atoms with van der Waals surface area (Å²) in [7, 11) is 0. The second-order valence-corrected chi connectivity index (χ2v) is 6.59. The van der Waals surface area contributed by atoms with Gasteiger partial charge in [0.15, 0.2) is 0 Å². The fourth-order valence-corrected chi connectivity index (χ4v) is 2.29. The molecular formula is C20H36O4. The predicted octanol–water partition coefficient (Wildman–Crippen LogP) is 5.70. The summed E-state index contributed by atoms with van der Waals surface area (Å²) in [5.74, 6) is -0.716. The van der Waals surface area contributed by atoms with Gasteiger partial charge in [0, 0.05) is 0 Å². The molecule has 140 valence electrons. The number of hydrogen-bond acceptors (Lipinski definition) is 4. The van der Waals surface area contributed by atoms with Crippen molar-refractivity contribution >= 4 is 11.9 Å². The van der Waals surface area contributed by atoms with Gasteiger partial charge in [-0.3, -0.25) is 9.59 Å². The summed E-state index contributed by atoms with van der Waals surface area (Å²) in [5, 5.41) is 0. The smallest absolute Gasteiger partial charge is 0.311 e. The maximum Gasteiger partial charge on any atom is 0.311 e. The molecule has 0 aliphatic rings. The van der Waals surface area contributed by atoms with E-state index >= 15 is 0 Å². The number of rotatable bonds is 15. The minimum atomic E-state index is -0.396. The summed E-state index contributed by atoms with van der Waals surface area (Å²) < 4.78 is 9.98.